The fourth-order valence-electron chi connectivity index (χ4n) is 1.74. The molecule has 1 aliphatic rings. The van der Waals surface area contributed by atoms with Crippen LogP contribution in [-0.4, -0.2) is 41.9 Å². The first-order valence-corrected chi connectivity index (χ1v) is 8.26. The van der Waals surface area contributed by atoms with Gasteiger partial charge in [-0.3, -0.25) is 9.59 Å². The largest absolute Gasteiger partial charge is 0.332 e. The molecule has 1 heterocycles. The second-order valence-corrected chi connectivity index (χ2v) is 5.26. The molecule has 1 atom stereocenters. The molecule has 1 aliphatic heterocycles. The molecular formula is C12H18N2O2S2. The summed E-state index contributed by atoms with van der Waals surface area (Å²) in [5, 5.41) is 6.33. The van der Waals surface area contributed by atoms with Gasteiger partial charge in [0.1, 0.15) is 6.17 Å². The predicted molar refractivity (Wildman–Crippen MR) is 78.2 cm³/mol. The summed E-state index contributed by atoms with van der Waals surface area (Å²) in [5.41, 5.74) is 0. The van der Waals surface area contributed by atoms with Crippen LogP contribution in [0.2, 0.25) is 0 Å². The molecule has 6 heteroatoms. The average molecular weight is 286 g/mol. The summed E-state index contributed by atoms with van der Waals surface area (Å²) in [6, 6.07) is 0. The van der Waals surface area contributed by atoms with Gasteiger partial charge in [-0.1, -0.05) is 0 Å². The molecule has 18 heavy (non-hydrogen) atoms. The molecule has 0 aromatic rings. The molecule has 0 aromatic heterocycles. The zero-order valence-electron chi connectivity index (χ0n) is 10.6. The van der Waals surface area contributed by atoms with Crippen LogP contribution < -0.4 is 5.32 Å². The highest BCUT2D eigenvalue weighted by Gasteiger charge is 2.27. The van der Waals surface area contributed by atoms with Gasteiger partial charge < -0.3 is 10.2 Å². The second-order valence-electron chi connectivity index (χ2n) is 3.78. The number of likely N-dealkylation sites (tertiary alicyclic amines) is 1. The molecule has 1 fully saturated rings. The van der Waals surface area contributed by atoms with Crippen molar-refractivity contribution in [1.82, 2.24) is 10.2 Å². The van der Waals surface area contributed by atoms with E-state index in [9.17, 15) is 9.59 Å². The van der Waals surface area contributed by atoms with Gasteiger partial charge in [-0.15, -0.1) is 23.5 Å². The van der Waals surface area contributed by atoms with E-state index in [1.807, 2.05) is 12.5 Å². The number of rotatable bonds is 5. The van der Waals surface area contributed by atoms with Gasteiger partial charge in [0.25, 0.3) is 0 Å². The van der Waals surface area contributed by atoms with Gasteiger partial charge in [0, 0.05) is 18.7 Å². The lowest BCUT2D eigenvalue weighted by Crippen LogP contribution is -2.46. The smallest absolute Gasteiger partial charge is 0.248 e. The third-order valence-corrected chi connectivity index (χ3v) is 3.36. The van der Waals surface area contributed by atoms with Crippen LogP contribution in [0.3, 0.4) is 0 Å². The summed E-state index contributed by atoms with van der Waals surface area (Å²) in [5.74, 6) is -0.191. The van der Waals surface area contributed by atoms with Crippen molar-refractivity contribution in [3.8, 4) is 0 Å². The summed E-state index contributed by atoms with van der Waals surface area (Å²) in [7, 11) is 0. The van der Waals surface area contributed by atoms with Crippen molar-refractivity contribution >= 4 is 35.3 Å². The number of amides is 2. The molecule has 0 saturated carbocycles. The first kappa shape index (κ1) is 15.2. The van der Waals surface area contributed by atoms with Crippen molar-refractivity contribution in [3.05, 3.63) is 23.0 Å². The molecule has 1 rings (SSSR count). The SMILES string of the molecule is CS/C=C/C(=O)NC1CCCN1C(=O)/C=C/SC. The molecule has 4 nitrogen and oxygen atoms in total. The number of nitrogens with zero attached hydrogens (tertiary/aromatic N) is 1. The Hall–Kier alpha value is -0.880. The number of carbonyl (C=O) groups is 2. The average Bonchev–Trinajstić information content (AvgIpc) is 2.81. The van der Waals surface area contributed by atoms with E-state index < -0.39 is 0 Å². The zero-order chi connectivity index (χ0) is 13.4. The standard InChI is InChI=1S/C12H18N2O2S2/c1-17-8-5-11(15)13-10-4-3-7-14(10)12(16)6-9-18-2/h5-6,8-10H,3-4,7H2,1-2H3,(H,13,15)/b8-5+,9-6+. The van der Waals surface area contributed by atoms with E-state index in [1.165, 1.54) is 29.6 Å². The summed E-state index contributed by atoms with van der Waals surface area (Å²) in [4.78, 5) is 25.1. The lowest BCUT2D eigenvalue weighted by molar-refractivity contribution is -0.128. The molecule has 2 amide bonds. The number of hydrogen-bond donors (Lipinski definition) is 1. The second kappa shape index (κ2) is 8.26. The van der Waals surface area contributed by atoms with E-state index in [4.69, 9.17) is 0 Å². The molecular weight excluding hydrogens is 268 g/mol. The van der Waals surface area contributed by atoms with Crippen molar-refractivity contribution in [1.29, 1.82) is 0 Å². The highest BCUT2D eigenvalue weighted by atomic mass is 32.2. The molecule has 0 spiro atoms. The maximum absolute atomic E-state index is 11.9. The summed E-state index contributed by atoms with van der Waals surface area (Å²) >= 11 is 2.96. The third-order valence-electron chi connectivity index (χ3n) is 2.55. The van der Waals surface area contributed by atoms with Crippen molar-refractivity contribution in [2.45, 2.75) is 19.0 Å². The molecule has 0 aromatic carbocycles. The molecule has 1 N–H and O–H groups in total. The van der Waals surface area contributed by atoms with Crippen LogP contribution in [0.25, 0.3) is 0 Å². The Morgan fingerprint density at radius 2 is 1.89 bits per heavy atom. The Balaban J connectivity index is 2.54. The summed E-state index contributed by atoms with van der Waals surface area (Å²) < 4.78 is 0. The molecule has 0 radical (unpaired) electrons. The first-order valence-electron chi connectivity index (χ1n) is 5.69. The number of thioether (sulfide) groups is 2. The maximum atomic E-state index is 11.9. The number of carbonyl (C=O) groups excluding carboxylic acids is 2. The van der Waals surface area contributed by atoms with Crippen LogP contribution in [0.15, 0.2) is 23.0 Å². The van der Waals surface area contributed by atoms with Crippen molar-refractivity contribution < 1.29 is 9.59 Å². The number of nitrogens with one attached hydrogen (secondary N) is 1. The highest BCUT2D eigenvalue weighted by Crippen LogP contribution is 2.15. The van der Waals surface area contributed by atoms with E-state index in [0.29, 0.717) is 6.54 Å². The van der Waals surface area contributed by atoms with E-state index in [0.717, 1.165) is 12.8 Å². The maximum Gasteiger partial charge on any atom is 0.248 e. The molecule has 0 bridgehead atoms. The Kier molecular flexibility index (Phi) is 6.97. The number of hydrogen-bond acceptors (Lipinski definition) is 4. The Morgan fingerprint density at radius 1 is 1.22 bits per heavy atom. The zero-order valence-corrected chi connectivity index (χ0v) is 12.2. The minimum atomic E-state index is -0.178. The van der Waals surface area contributed by atoms with Crippen LogP contribution in [0, 0.1) is 0 Å². The Morgan fingerprint density at radius 3 is 2.56 bits per heavy atom. The highest BCUT2D eigenvalue weighted by molar-refractivity contribution is 8.01. The summed E-state index contributed by atoms with van der Waals surface area (Å²) in [6.07, 6.45) is 8.40. The van der Waals surface area contributed by atoms with Gasteiger partial charge in [-0.2, -0.15) is 0 Å². The van der Waals surface area contributed by atoms with Gasteiger partial charge in [0.05, 0.1) is 0 Å². The van der Waals surface area contributed by atoms with E-state index in [-0.39, 0.29) is 18.0 Å². The first-order chi connectivity index (χ1) is 8.69. The van der Waals surface area contributed by atoms with E-state index in [1.54, 1.807) is 21.8 Å². The van der Waals surface area contributed by atoms with Crippen molar-refractivity contribution in [2.75, 3.05) is 19.1 Å². The minimum absolute atomic E-state index is 0.0407. The van der Waals surface area contributed by atoms with Crippen molar-refractivity contribution in [3.63, 3.8) is 0 Å². The molecule has 100 valence electrons. The normalized spacial score (nSPS) is 19.9. The van der Waals surface area contributed by atoms with Crippen LogP contribution in [0.4, 0.5) is 0 Å². The molecule has 1 unspecified atom stereocenters. The van der Waals surface area contributed by atoms with Crippen LogP contribution >= 0.6 is 23.5 Å². The van der Waals surface area contributed by atoms with Crippen LogP contribution in [0.5, 0.6) is 0 Å². The lowest BCUT2D eigenvalue weighted by Gasteiger charge is -2.23. The predicted octanol–water partition coefficient (Wildman–Crippen LogP) is 1.80. The third kappa shape index (κ3) is 4.78. The van der Waals surface area contributed by atoms with Gasteiger partial charge in [-0.25, -0.2) is 0 Å². The Labute approximate surface area is 116 Å². The van der Waals surface area contributed by atoms with Gasteiger partial charge in [0.2, 0.25) is 11.8 Å². The topological polar surface area (TPSA) is 49.4 Å². The quantitative estimate of drug-likeness (QED) is 0.783. The fraction of sp³-hybridized carbons (Fsp3) is 0.500. The molecule has 0 aliphatic carbocycles. The summed E-state index contributed by atoms with van der Waals surface area (Å²) in [6.45, 7) is 0.703. The molecule has 1 saturated heterocycles. The van der Waals surface area contributed by atoms with Crippen LogP contribution in [0.1, 0.15) is 12.8 Å². The van der Waals surface area contributed by atoms with Gasteiger partial charge in [0.15, 0.2) is 0 Å². The van der Waals surface area contributed by atoms with E-state index >= 15 is 0 Å². The van der Waals surface area contributed by atoms with Gasteiger partial charge >= 0.3 is 0 Å². The van der Waals surface area contributed by atoms with Crippen molar-refractivity contribution in [2.24, 2.45) is 0 Å². The minimum Gasteiger partial charge on any atom is -0.332 e. The van der Waals surface area contributed by atoms with Crippen LogP contribution in [-0.2, 0) is 9.59 Å². The Bertz CT molecular complexity index is 356. The fourth-order valence-corrected chi connectivity index (χ4v) is 2.26. The lowest BCUT2D eigenvalue weighted by atomic mass is 10.3. The van der Waals surface area contributed by atoms with Gasteiger partial charge in [-0.05, 0) is 36.2 Å². The monoisotopic (exact) mass is 286 g/mol. The van der Waals surface area contributed by atoms with E-state index in [2.05, 4.69) is 5.32 Å².